The van der Waals surface area contributed by atoms with Gasteiger partial charge in [-0.1, -0.05) is 11.6 Å². The molecule has 0 bridgehead atoms. The zero-order valence-corrected chi connectivity index (χ0v) is 8.92. The van der Waals surface area contributed by atoms with Crippen molar-refractivity contribution in [1.82, 2.24) is 4.57 Å². The van der Waals surface area contributed by atoms with Crippen molar-refractivity contribution in [1.29, 1.82) is 0 Å². The first-order valence-electron chi connectivity index (χ1n) is 3.96. The Morgan fingerprint density at radius 1 is 1.14 bits per heavy atom. The number of aromatic nitrogens is 1. The Bertz CT molecular complexity index is 410. The highest BCUT2D eigenvalue weighted by atomic mass is 35.5. The van der Waals surface area contributed by atoms with Crippen molar-refractivity contribution >= 4 is 29.7 Å². The Hall–Kier alpha value is -1.12. The van der Waals surface area contributed by atoms with E-state index in [-0.39, 0.29) is 12.4 Å². The van der Waals surface area contributed by atoms with E-state index in [9.17, 15) is 0 Å². The number of nitrogens with zero attached hydrogens (tertiary/aromatic N) is 1. The Kier molecular flexibility index (Phi) is 3.44. The minimum Gasteiger partial charge on any atom is -0.398 e. The molecule has 2 aromatic rings. The van der Waals surface area contributed by atoms with E-state index < -0.39 is 0 Å². The standard InChI is InChI=1S/C10H9ClN2.ClH/c11-9-7-8(3-4-10(9)12)13-5-1-2-6-13;/h1-7H,12H2;1H. The van der Waals surface area contributed by atoms with E-state index in [2.05, 4.69) is 0 Å². The average molecular weight is 229 g/mol. The Morgan fingerprint density at radius 2 is 1.79 bits per heavy atom. The van der Waals surface area contributed by atoms with Crippen molar-refractivity contribution in [2.75, 3.05) is 5.73 Å². The molecule has 4 heteroatoms. The van der Waals surface area contributed by atoms with Crippen molar-refractivity contribution in [3.05, 3.63) is 47.7 Å². The highest BCUT2D eigenvalue weighted by Gasteiger charge is 1.98. The number of benzene rings is 1. The summed E-state index contributed by atoms with van der Waals surface area (Å²) in [6, 6.07) is 9.50. The number of nitrogens with two attached hydrogens (primary N) is 1. The van der Waals surface area contributed by atoms with Crippen molar-refractivity contribution in [2.24, 2.45) is 0 Å². The normalized spacial score (nSPS) is 9.50. The molecule has 0 aliphatic heterocycles. The zero-order chi connectivity index (χ0) is 9.26. The topological polar surface area (TPSA) is 30.9 Å². The maximum absolute atomic E-state index is 5.89. The smallest absolute Gasteiger partial charge is 0.0656 e. The van der Waals surface area contributed by atoms with Gasteiger partial charge in [0.1, 0.15) is 0 Å². The third kappa shape index (κ3) is 2.03. The molecule has 2 N–H and O–H groups in total. The molecule has 0 atom stereocenters. The van der Waals surface area contributed by atoms with Gasteiger partial charge in [0.2, 0.25) is 0 Å². The molecular weight excluding hydrogens is 219 g/mol. The highest BCUT2D eigenvalue weighted by molar-refractivity contribution is 6.33. The van der Waals surface area contributed by atoms with Crippen LogP contribution in [-0.2, 0) is 0 Å². The van der Waals surface area contributed by atoms with Gasteiger partial charge in [0.05, 0.1) is 10.7 Å². The Balaban J connectivity index is 0.000000980. The fourth-order valence-electron chi connectivity index (χ4n) is 1.18. The van der Waals surface area contributed by atoms with Crippen molar-refractivity contribution in [3.63, 3.8) is 0 Å². The van der Waals surface area contributed by atoms with E-state index >= 15 is 0 Å². The van der Waals surface area contributed by atoms with Gasteiger partial charge < -0.3 is 10.3 Å². The molecule has 0 radical (unpaired) electrons. The summed E-state index contributed by atoms with van der Waals surface area (Å²) >= 11 is 5.89. The lowest BCUT2D eigenvalue weighted by molar-refractivity contribution is 1.08. The van der Waals surface area contributed by atoms with Crippen LogP contribution in [0.5, 0.6) is 0 Å². The Morgan fingerprint density at radius 3 is 2.36 bits per heavy atom. The first-order valence-corrected chi connectivity index (χ1v) is 4.33. The largest absolute Gasteiger partial charge is 0.398 e. The third-order valence-corrected chi connectivity index (χ3v) is 2.21. The van der Waals surface area contributed by atoms with E-state index in [1.54, 1.807) is 6.07 Å². The molecule has 0 aliphatic carbocycles. The van der Waals surface area contributed by atoms with E-state index in [4.69, 9.17) is 17.3 Å². The summed E-state index contributed by atoms with van der Waals surface area (Å²) in [7, 11) is 0. The van der Waals surface area contributed by atoms with E-state index in [0.29, 0.717) is 10.7 Å². The second-order valence-electron chi connectivity index (χ2n) is 2.80. The minimum atomic E-state index is 0. The quantitative estimate of drug-likeness (QED) is 0.748. The molecule has 2 nitrogen and oxygen atoms in total. The molecule has 0 unspecified atom stereocenters. The summed E-state index contributed by atoms with van der Waals surface area (Å²) in [5, 5.41) is 0.589. The van der Waals surface area contributed by atoms with Gasteiger partial charge in [0.25, 0.3) is 0 Å². The van der Waals surface area contributed by atoms with Gasteiger partial charge in [0, 0.05) is 18.1 Å². The molecule has 0 spiro atoms. The van der Waals surface area contributed by atoms with Gasteiger partial charge in [-0.05, 0) is 30.3 Å². The van der Waals surface area contributed by atoms with Gasteiger partial charge in [0.15, 0.2) is 0 Å². The van der Waals surface area contributed by atoms with Gasteiger partial charge in [-0.25, -0.2) is 0 Å². The van der Waals surface area contributed by atoms with E-state index in [0.717, 1.165) is 5.69 Å². The van der Waals surface area contributed by atoms with Crippen LogP contribution in [0.3, 0.4) is 0 Å². The molecule has 1 aromatic carbocycles. The first kappa shape index (κ1) is 11.0. The summed E-state index contributed by atoms with van der Waals surface area (Å²) < 4.78 is 1.98. The number of hydrogen-bond acceptors (Lipinski definition) is 1. The van der Waals surface area contributed by atoms with Crippen LogP contribution in [0.4, 0.5) is 5.69 Å². The number of rotatable bonds is 1. The minimum absolute atomic E-state index is 0. The summed E-state index contributed by atoms with van der Waals surface area (Å²) in [4.78, 5) is 0. The zero-order valence-electron chi connectivity index (χ0n) is 7.35. The predicted molar refractivity (Wildman–Crippen MR) is 62.4 cm³/mol. The van der Waals surface area contributed by atoms with Crippen LogP contribution in [0.15, 0.2) is 42.7 Å². The van der Waals surface area contributed by atoms with Gasteiger partial charge in [-0.15, -0.1) is 12.4 Å². The number of anilines is 1. The fraction of sp³-hybridized carbons (Fsp3) is 0. The number of hydrogen-bond donors (Lipinski definition) is 1. The molecular formula is C10H10Cl2N2. The molecule has 0 aliphatic rings. The van der Waals surface area contributed by atoms with E-state index in [1.807, 2.05) is 41.2 Å². The predicted octanol–water partition coefficient (Wildman–Crippen LogP) is 3.13. The average Bonchev–Trinajstić information content (AvgIpc) is 2.62. The highest BCUT2D eigenvalue weighted by Crippen LogP contribution is 2.21. The molecule has 0 amide bonds. The second-order valence-corrected chi connectivity index (χ2v) is 3.20. The fourth-order valence-corrected chi connectivity index (χ4v) is 1.36. The summed E-state index contributed by atoms with van der Waals surface area (Å²) in [5.41, 5.74) is 7.23. The molecule has 0 fully saturated rings. The maximum Gasteiger partial charge on any atom is 0.0656 e. The van der Waals surface area contributed by atoms with Crippen LogP contribution in [0, 0.1) is 0 Å². The molecule has 2 rings (SSSR count). The lowest BCUT2D eigenvalue weighted by Gasteiger charge is -2.04. The number of halogens is 2. The van der Waals surface area contributed by atoms with Crippen LogP contribution in [0.2, 0.25) is 5.02 Å². The summed E-state index contributed by atoms with van der Waals surface area (Å²) in [6.07, 6.45) is 3.92. The second kappa shape index (κ2) is 4.40. The van der Waals surface area contributed by atoms with Gasteiger partial charge in [-0.3, -0.25) is 0 Å². The molecule has 1 aromatic heterocycles. The number of nitrogen functional groups attached to an aromatic ring is 1. The monoisotopic (exact) mass is 228 g/mol. The van der Waals surface area contributed by atoms with Crippen LogP contribution in [-0.4, -0.2) is 4.57 Å². The SMILES string of the molecule is Cl.Nc1ccc(-n2cccc2)cc1Cl. The van der Waals surface area contributed by atoms with Crippen molar-refractivity contribution in [2.45, 2.75) is 0 Å². The first-order chi connectivity index (χ1) is 6.27. The van der Waals surface area contributed by atoms with Crippen LogP contribution >= 0.6 is 24.0 Å². The third-order valence-electron chi connectivity index (χ3n) is 1.89. The molecule has 0 saturated carbocycles. The molecule has 0 saturated heterocycles. The van der Waals surface area contributed by atoms with Crippen molar-refractivity contribution < 1.29 is 0 Å². The van der Waals surface area contributed by atoms with Crippen LogP contribution in [0.1, 0.15) is 0 Å². The Labute approximate surface area is 93.7 Å². The van der Waals surface area contributed by atoms with Crippen molar-refractivity contribution in [3.8, 4) is 5.69 Å². The molecule has 1 heterocycles. The van der Waals surface area contributed by atoms with Crippen LogP contribution < -0.4 is 5.73 Å². The van der Waals surface area contributed by atoms with E-state index in [1.165, 1.54) is 0 Å². The lowest BCUT2D eigenvalue weighted by atomic mass is 10.3. The summed E-state index contributed by atoms with van der Waals surface area (Å²) in [5.74, 6) is 0. The molecule has 74 valence electrons. The maximum atomic E-state index is 5.89. The van der Waals surface area contributed by atoms with Gasteiger partial charge >= 0.3 is 0 Å². The summed E-state index contributed by atoms with van der Waals surface area (Å²) in [6.45, 7) is 0. The lowest BCUT2D eigenvalue weighted by Crippen LogP contribution is -1.91. The van der Waals surface area contributed by atoms with Gasteiger partial charge in [-0.2, -0.15) is 0 Å². The molecule has 14 heavy (non-hydrogen) atoms. The van der Waals surface area contributed by atoms with Crippen LogP contribution in [0.25, 0.3) is 5.69 Å².